The van der Waals surface area contributed by atoms with E-state index in [0.29, 0.717) is 24.8 Å². The molecular formula is C16H19FN4OS2. The number of carbonyl (C=O) groups is 1. The number of thioether (sulfide) groups is 1. The van der Waals surface area contributed by atoms with E-state index in [1.807, 2.05) is 13.0 Å². The summed E-state index contributed by atoms with van der Waals surface area (Å²) in [7, 11) is 0. The van der Waals surface area contributed by atoms with Crippen molar-refractivity contribution in [2.45, 2.75) is 17.8 Å². The zero-order valence-electron chi connectivity index (χ0n) is 13.4. The molecule has 2 rings (SSSR count). The maximum absolute atomic E-state index is 13.2. The first-order chi connectivity index (χ1) is 11.6. The standard InChI is InChI=1S/C16H19FN4OS2/c1-3-8-18-15-19-20-16(24-15)23-11-14(22)21(4-2)10-12-6-5-7-13(17)9-12/h3,5-7,9H,1,4,8,10-11H2,2H3,(H,18,19). The predicted molar refractivity (Wildman–Crippen MR) is 96.8 cm³/mol. The highest BCUT2D eigenvalue weighted by atomic mass is 32.2. The lowest BCUT2D eigenvalue weighted by molar-refractivity contribution is -0.128. The van der Waals surface area contributed by atoms with Gasteiger partial charge >= 0.3 is 0 Å². The van der Waals surface area contributed by atoms with Crippen LogP contribution in [0, 0.1) is 5.82 Å². The Morgan fingerprint density at radius 3 is 3.04 bits per heavy atom. The number of halogens is 1. The van der Waals surface area contributed by atoms with Crippen molar-refractivity contribution in [1.82, 2.24) is 15.1 Å². The summed E-state index contributed by atoms with van der Waals surface area (Å²) in [5.74, 6) is -0.0273. The third kappa shape index (κ3) is 5.61. The molecule has 0 atom stereocenters. The largest absolute Gasteiger partial charge is 0.357 e. The van der Waals surface area contributed by atoms with Crippen molar-refractivity contribution in [3.63, 3.8) is 0 Å². The topological polar surface area (TPSA) is 58.1 Å². The van der Waals surface area contributed by atoms with Gasteiger partial charge in [0, 0.05) is 19.6 Å². The summed E-state index contributed by atoms with van der Waals surface area (Å²) in [6.07, 6.45) is 1.74. The molecule has 0 fully saturated rings. The molecule has 1 aromatic heterocycles. The number of amides is 1. The van der Waals surface area contributed by atoms with Crippen molar-refractivity contribution in [2.75, 3.05) is 24.2 Å². The average Bonchev–Trinajstić information content (AvgIpc) is 3.03. The number of hydrogen-bond donors (Lipinski definition) is 1. The van der Waals surface area contributed by atoms with Gasteiger partial charge in [0.1, 0.15) is 5.82 Å². The second-order valence-electron chi connectivity index (χ2n) is 4.87. The van der Waals surface area contributed by atoms with Crippen molar-refractivity contribution in [3.8, 4) is 0 Å². The lowest BCUT2D eigenvalue weighted by Crippen LogP contribution is -2.31. The van der Waals surface area contributed by atoms with Crippen molar-refractivity contribution >= 4 is 34.1 Å². The zero-order valence-corrected chi connectivity index (χ0v) is 15.0. The summed E-state index contributed by atoms with van der Waals surface area (Å²) in [4.78, 5) is 14.0. The van der Waals surface area contributed by atoms with E-state index in [-0.39, 0.29) is 17.5 Å². The van der Waals surface area contributed by atoms with Crippen molar-refractivity contribution in [1.29, 1.82) is 0 Å². The van der Waals surface area contributed by atoms with E-state index in [0.717, 1.165) is 9.90 Å². The van der Waals surface area contributed by atoms with Gasteiger partial charge in [0.2, 0.25) is 11.0 Å². The van der Waals surface area contributed by atoms with E-state index in [1.54, 1.807) is 17.0 Å². The fraction of sp³-hybridized carbons (Fsp3) is 0.312. The maximum Gasteiger partial charge on any atom is 0.233 e. The predicted octanol–water partition coefficient (Wildman–Crippen LogP) is 3.42. The molecule has 1 aromatic carbocycles. The van der Waals surface area contributed by atoms with E-state index in [9.17, 15) is 9.18 Å². The molecule has 0 aliphatic heterocycles. The highest BCUT2D eigenvalue weighted by Gasteiger charge is 2.14. The van der Waals surface area contributed by atoms with Gasteiger partial charge in [-0.3, -0.25) is 4.79 Å². The highest BCUT2D eigenvalue weighted by Crippen LogP contribution is 2.25. The molecule has 1 heterocycles. The minimum Gasteiger partial charge on any atom is -0.357 e. The van der Waals surface area contributed by atoms with Crippen molar-refractivity contribution in [3.05, 3.63) is 48.3 Å². The molecule has 0 bridgehead atoms. The van der Waals surface area contributed by atoms with Gasteiger partial charge in [-0.25, -0.2) is 4.39 Å². The smallest absolute Gasteiger partial charge is 0.233 e. The number of aromatic nitrogens is 2. The summed E-state index contributed by atoms with van der Waals surface area (Å²) >= 11 is 2.76. The van der Waals surface area contributed by atoms with E-state index >= 15 is 0 Å². The Bertz CT molecular complexity index is 692. The van der Waals surface area contributed by atoms with Crippen molar-refractivity contribution in [2.24, 2.45) is 0 Å². The molecule has 0 saturated carbocycles. The third-order valence-electron chi connectivity index (χ3n) is 3.12. The van der Waals surface area contributed by atoms with E-state index < -0.39 is 0 Å². The molecule has 0 unspecified atom stereocenters. The minimum absolute atomic E-state index is 0.0115. The van der Waals surface area contributed by atoms with Gasteiger partial charge in [-0.05, 0) is 24.6 Å². The van der Waals surface area contributed by atoms with Gasteiger partial charge in [0.25, 0.3) is 0 Å². The molecule has 0 saturated heterocycles. The van der Waals surface area contributed by atoms with Crippen molar-refractivity contribution < 1.29 is 9.18 Å². The Morgan fingerprint density at radius 1 is 1.50 bits per heavy atom. The highest BCUT2D eigenvalue weighted by molar-refractivity contribution is 8.01. The summed E-state index contributed by atoms with van der Waals surface area (Å²) in [5, 5.41) is 11.8. The van der Waals surface area contributed by atoms with Gasteiger partial charge in [-0.15, -0.1) is 16.8 Å². The molecule has 0 radical (unpaired) electrons. The molecule has 0 aliphatic carbocycles. The number of rotatable bonds is 9. The van der Waals surface area contributed by atoms with Crippen LogP contribution in [0.2, 0.25) is 0 Å². The minimum atomic E-state index is -0.293. The summed E-state index contributed by atoms with van der Waals surface area (Å²) in [6, 6.07) is 6.31. The molecule has 24 heavy (non-hydrogen) atoms. The normalized spacial score (nSPS) is 10.4. The van der Waals surface area contributed by atoms with E-state index in [2.05, 4.69) is 22.1 Å². The van der Waals surface area contributed by atoms with Crippen LogP contribution in [0.3, 0.4) is 0 Å². The van der Waals surface area contributed by atoms with Gasteiger partial charge in [-0.1, -0.05) is 41.3 Å². The molecule has 2 aromatic rings. The first kappa shape index (κ1) is 18.4. The van der Waals surface area contributed by atoms with Gasteiger partial charge < -0.3 is 10.2 Å². The molecule has 0 spiro atoms. The van der Waals surface area contributed by atoms with E-state index in [1.165, 1.54) is 35.2 Å². The number of nitrogens with one attached hydrogen (secondary N) is 1. The fourth-order valence-electron chi connectivity index (χ4n) is 1.95. The molecule has 128 valence electrons. The molecule has 1 amide bonds. The van der Waals surface area contributed by atoms with Gasteiger partial charge in [0.05, 0.1) is 5.75 Å². The maximum atomic E-state index is 13.2. The lowest BCUT2D eigenvalue weighted by atomic mass is 10.2. The van der Waals surface area contributed by atoms with Crippen LogP contribution < -0.4 is 5.32 Å². The number of benzene rings is 1. The van der Waals surface area contributed by atoms with E-state index in [4.69, 9.17) is 0 Å². The molecule has 1 N–H and O–H groups in total. The van der Waals surface area contributed by atoms with Crippen LogP contribution in [-0.4, -0.2) is 39.8 Å². The van der Waals surface area contributed by atoms with Crippen LogP contribution in [0.15, 0.2) is 41.3 Å². The second kappa shape index (κ2) is 9.39. The summed E-state index contributed by atoms with van der Waals surface area (Å²) in [6.45, 7) is 7.12. The number of carbonyl (C=O) groups excluding carboxylic acids is 1. The second-order valence-corrected chi connectivity index (χ2v) is 7.07. The van der Waals surface area contributed by atoms with Gasteiger partial charge in [-0.2, -0.15) is 0 Å². The average molecular weight is 366 g/mol. The third-order valence-corrected chi connectivity index (χ3v) is 5.12. The molecule has 5 nitrogen and oxygen atoms in total. The molecular weight excluding hydrogens is 347 g/mol. The Labute approximate surface area is 149 Å². The fourth-order valence-corrected chi connectivity index (χ4v) is 3.61. The summed E-state index contributed by atoms with van der Waals surface area (Å²) < 4.78 is 14.0. The van der Waals surface area contributed by atoms with Crippen LogP contribution in [0.4, 0.5) is 9.52 Å². The number of anilines is 1. The Morgan fingerprint density at radius 2 is 2.33 bits per heavy atom. The Balaban J connectivity index is 1.87. The Kier molecular flexibility index (Phi) is 7.20. The van der Waals surface area contributed by atoms with Crippen LogP contribution in [-0.2, 0) is 11.3 Å². The van der Waals surface area contributed by atoms with Crippen LogP contribution in [0.5, 0.6) is 0 Å². The summed E-state index contributed by atoms with van der Waals surface area (Å²) in [5.41, 5.74) is 0.780. The number of nitrogens with zero attached hydrogens (tertiary/aromatic N) is 3. The van der Waals surface area contributed by atoms with Gasteiger partial charge in [0.15, 0.2) is 4.34 Å². The SMILES string of the molecule is C=CCNc1nnc(SCC(=O)N(CC)Cc2cccc(F)c2)s1. The number of hydrogen-bond acceptors (Lipinski definition) is 6. The van der Waals surface area contributed by atoms with Crippen LogP contribution in [0.25, 0.3) is 0 Å². The van der Waals surface area contributed by atoms with Crippen LogP contribution in [0.1, 0.15) is 12.5 Å². The lowest BCUT2D eigenvalue weighted by Gasteiger charge is -2.20. The Hall–Kier alpha value is -1.93. The van der Waals surface area contributed by atoms with Crippen LogP contribution >= 0.6 is 23.1 Å². The molecule has 0 aliphatic rings. The quantitative estimate of drug-likeness (QED) is 0.544. The monoisotopic (exact) mass is 366 g/mol. The molecule has 8 heteroatoms. The first-order valence-corrected chi connectivity index (χ1v) is 9.26. The first-order valence-electron chi connectivity index (χ1n) is 7.45. The zero-order chi connectivity index (χ0) is 17.4.